The molecular formula is C16H19N7OS. The van der Waals surface area contributed by atoms with Crippen LogP contribution >= 0.6 is 11.3 Å². The molecule has 1 N–H and O–H groups in total. The summed E-state index contributed by atoms with van der Waals surface area (Å²) >= 11 is 1.53. The van der Waals surface area contributed by atoms with E-state index in [-0.39, 0.29) is 11.8 Å². The first-order chi connectivity index (χ1) is 12.2. The number of aromatic nitrogens is 5. The van der Waals surface area contributed by atoms with Crippen LogP contribution in [0.5, 0.6) is 0 Å². The lowest BCUT2D eigenvalue weighted by Crippen LogP contribution is -2.40. The van der Waals surface area contributed by atoms with Crippen molar-refractivity contribution in [2.75, 3.05) is 18.0 Å². The molecule has 3 aromatic heterocycles. The second-order valence-corrected chi connectivity index (χ2v) is 7.03. The average molecular weight is 357 g/mol. The van der Waals surface area contributed by atoms with Crippen molar-refractivity contribution in [3.05, 3.63) is 35.2 Å². The van der Waals surface area contributed by atoms with Gasteiger partial charge in [0.1, 0.15) is 6.33 Å². The molecule has 0 bridgehead atoms. The Morgan fingerprint density at radius 2 is 2.16 bits per heavy atom. The summed E-state index contributed by atoms with van der Waals surface area (Å²) in [5.41, 5.74) is 1.87. The van der Waals surface area contributed by atoms with E-state index in [4.69, 9.17) is 0 Å². The summed E-state index contributed by atoms with van der Waals surface area (Å²) in [6.07, 6.45) is 3.17. The Labute approximate surface area is 148 Å². The van der Waals surface area contributed by atoms with E-state index in [0.717, 1.165) is 48.1 Å². The zero-order valence-corrected chi connectivity index (χ0v) is 14.7. The van der Waals surface area contributed by atoms with Crippen molar-refractivity contribution in [2.45, 2.75) is 26.3 Å². The molecule has 130 valence electrons. The van der Waals surface area contributed by atoms with E-state index in [0.29, 0.717) is 6.54 Å². The molecule has 0 radical (unpaired) electrons. The predicted octanol–water partition coefficient (Wildman–Crippen LogP) is 1.42. The van der Waals surface area contributed by atoms with Gasteiger partial charge < -0.3 is 10.2 Å². The third-order valence-electron chi connectivity index (χ3n) is 4.51. The zero-order chi connectivity index (χ0) is 17.2. The molecule has 1 amide bonds. The summed E-state index contributed by atoms with van der Waals surface area (Å²) in [4.78, 5) is 19.6. The fraction of sp³-hybridized carbons (Fsp3) is 0.438. The number of nitrogens with zero attached hydrogens (tertiary/aromatic N) is 6. The Morgan fingerprint density at radius 1 is 1.32 bits per heavy atom. The van der Waals surface area contributed by atoms with Gasteiger partial charge in [-0.15, -0.1) is 16.4 Å². The lowest BCUT2D eigenvalue weighted by atomic mass is 9.96. The Kier molecular flexibility index (Phi) is 4.31. The molecule has 4 rings (SSSR count). The number of rotatable bonds is 4. The standard InChI is InChI=1S/C16H19N7OS/c1-11-2-3-14(21-20-11)22-6-4-12(5-7-22)15(24)17-8-13-9-25-16-18-10-19-23(13)16/h2-3,9-10,12H,4-8H2,1H3,(H,17,24). The molecule has 1 aliphatic rings. The summed E-state index contributed by atoms with van der Waals surface area (Å²) in [6, 6.07) is 3.95. The number of piperidine rings is 1. The van der Waals surface area contributed by atoms with Crippen molar-refractivity contribution in [1.82, 2.24) is 30.1 Å². The Hall–Kier alpha value is -2.55. The first-order valence-electron chi connectivity index (χ1n) is 8.30. The molecule has 0 aromatic carbocycles. The van der Waals surface area contributed by atoms with Gasteiger partial charge >= 0.3 is 0 Å². The van der Waals surface area contributed by atoms with Crippen LogP contribution in [0.3, 0.4) is 0 Å². The van der Waals surface area contributed by atoms with E-state index < -0.39 is 0 Å². The SMILES string of the molecule is Cc1ccc(N2CCC(C(=O)NCc3csc4ncnn34)CC2)nn1. The highest BCUT2D eigenvalue weighted by molar-refractivity contribution is 7.15. The fourth-order valence-electron chi connectivity index (χ4n) is 3.05. The predicted molar refractivity (Wildman–Crippen MR) is 94.4 cm³/mol. The molecule has 1 aliphatic heterocycles. The van der Waals surface area contributed by atoms with Crippen molar-refractivity contribution in [3.8, 4) is 0 Å². The number of carbonyl (C=O) groups is 1. The minimum atomic E-state index is 0.0412. The maximum absolute atomic E-state index is 12.5. The van der Waals surface area contributed by atoms with Crippen LogP contribution in [0.4, 0.5) is 5.82 Å². The highest BCUT2D eigenvalue weighted by Gasteiger charge is 2.25. The molecule has 0 atom stereocenters. The maximum Gasteiger partial charge on any atom is 0.223 e. The van der Waals surface area contributed by atoms with Crippen LogP contribution in [0, 0.1) is 12.8 Å². The van der Waals surface area contributed by atoms with E-state index in [1.165, 1.54) is 17.7 Å². The second kappa shape index (κ2) is 6.75. The molecule has 9 heteroatoms. The molecule has 1 fully saturated rings. The van der Waals surface area contributed by atoms with Crippen molar-refractivity contribution < 1.29 is 4.79 Å². The second-order valence-electron chi connectivity index (χ2n) is 6.19. The molecule has 8 nitrogen and oxygen atoms in total. The van der Waals surface area contributed by atoms with Gasteiger partial charge in [0.25, 0.3) is 0 Å². The van der Waals surface area contributed by atoms with Gasteiger partial charge in [0, 0.05) is 24.4 Å². The topological polar surface area (TPSA) is 88.3 Å². The number of amides is 1. The van der Waals surface area contributed by atoms with Crippen LogP contribution < -0.4 is 10.2 Å². The van der Waals surface area contributed by atoms with Crippen molar-refractivity contribution in [1.29, 1.82) is 0 Å². The first-order valence-corrected chi connectivity index (χ1v) is 9.18. The number of fused-ring (bicyclic) bond motifs is 1. The molecule has 0 spiro atoms. The largest absolute Gasteiger partial charge is 0.355 e. The van der Waals surface area contributed by atoms with Gasteiger partial charge in [-0.05, 0) is 31.9 Å². The minimum Gasteiger partial charge on any atom is -0.355 e. The molecule has 1 saturated heterocycles. The minimum absolute atomic E-state index is 0.0412. The first kappa shape index (κ1) is 15.9. The lowest BCUT2D eigenvalue weighted by molar-refractivity contribution is -0.125. The molecule has 0 unspecified atom stereocenters. The van der Waals surface area contributed by atoms with E-state index in [1.54, 1.807) is 4.52 Å². The number of carbonyl (C=O) groups excluding carboxylic acids is 1. The maximum atomic E-state index is 12.5. The van der Waals surface area contributed by atoms with Crippen LogP contribution in [-0.2, 0) is 11.3 Å². The number of aryl methyl sites for hydroxylation is 1. The van der Waals surface area contributed by atoms with Gasteiger partial charge in [-0.1, -0.05) is 0 Å². The quantitative estimate of drug-likeness (QED) is 0.760. The number of hydrogen-bond acceptors (Lipinski definition) is 7. The summed E-state index contributed by atoms with van der Waals surface area (Å²) in [5, 5.41) is 17.5. The van der Waals surface area contributed by atoms with Crippen molar-refractivity contribution in [3.63, 3.8) is 0 Å². The average Bonchev–Trinajstić information content (AvgIpc) is 3.25. The number of anilines is 1. The third kappa shape index (κ3) is 3.32. The van der Waals surface area contributed by atoms with Crippen LogP contribution in [0.15, 0.2) is 23.8 Å². The van der Waals surface area contributed by atoms with Crippen LogP contribution in [0.1, 0.15) is 24.2 Å². The summed E-state index contributed by atoms with van der Waals surface area (Å²) < 4.78 is 1.77. The summed E-state index contributed by atoms with van der Waals surface area (Å²) in [7, 11) is 0. The van der Waals surface area contributed by atoms with E-state index >= 15 is 0 Å². The summed E-state index contributed by atoms with van der Waals surface area (Å²) in [6.45, 7) is 4.04. The van der Waals surface area contributed by atoms with Crippen LogP contribution in [0.2, 0.25) is 0 Å². The van der Waals surface area contributed by atoms with Gasteiger partial charge in [-0.2, -0.15) is 10.2 Å². The summed E-state index contributed by atoms with van der Waals surface area (Å²) in [5.74, 6) is 1.03. The molecule has 3 aromatic rings. The molecule has 0 saturated carbocycles. The van der Waals surface area contributed by atoms with Gasteiger partial charge in [0.2, 0.25) is 10.9 Å². The van der Waals surface area contributed by atoms with E-state index in [1.807, 2.05) is 24.4 Å². The Bertz CT molecular complexity index is 864. The Morgan fingerprint density at radius 3 is 2.92 bits per heavy atom. The van der Waals surface area contributed by atoms with E-state index in [9.17, 15) is 4.79 Å². The molecular weight excluding hydrogens is 338 g/mol. The van der Waals surface area contributed by atoms with Crippen molar-refractivity contribution >= 4 is 28.0 Å². The normalized spacial score (nSPS) is 15.6. The van der Waals surface area contributed by atoms with E-state index in [2.05, 4.69) is 30.5 Å². The van der Waals surface area contributed by atoms with Crippen molar-refractivity contribution in [2.24, 2.45) is 5.92 Å². The van der Waals surface area contributed by atoms with Gasteiger partial charge in [0.05, 0.1) is 17.9 Å². The van der Waals surface area contributed by atoms with Crippen LogP contribution in [-0.4, -0.2) is 43.8 Å². The van der Waals surface area contributed by atoms with Gasteiger partial charge in [-0.25, -0.2) is 9.50 Å². The molecule has 4 heterocycles. The number of thiazole rings is 1. The monoisotopic (exact) mass is 357 g/mol. The lowest BCUT2D eigenvalue weighted by Gasteiger charge is -2.31. The smallest absolute Gasteiger partial charge is 0.223 e. The third-order valence-corrected chi connectivity index (χ3v) is 5.39. The Balaban J connectivity index is 1.30. The fourth-order valence-corrected chi connectivity index (χ4v) is 3.85. The van der Waals surface area contributed by atoms with Gasteiger partial charge in [-0.3, -0.25) is 4.79 Å². The van der Waals surface area contributed by atoms with Crippen LogP contribution in [0.25, 0.3) is 4.96 Å². The molecule has 25 heavy (non-hydrogen) atoms. The number of nitrogens with one attached hydrogen (secondary N) is 1. The highest BCUT2D eigenvalue weighted by Crippen LogP contribution is 2.22. The zero-order valence-electron chi connectivity index (χ0n) is 13.9. The van der Waals surface area contributed by atoms with Gasteiger partial charge in [0.15, 0.2) is 5.82 Å². The number of hydrogen-bond donors (Lipinski definition) is 1. The molecule has 0 aliphatic carbocycles. The highest BCUT2D eigenvalue weighted by atomic mass is 32.1.